The Morgan fingerprint density at radius 1 is 1.20 bits per heavy atom. The molecule has 0 aliphatic heterocycles. The fraction of sp³-hybridized carbons (Fsp3) is 0.609. The number of carbonyl (C=O) groups excluding carboxylic acids is 1. The number of rotatable bonds is 8. The van der Waals surface area contributed by atoms with Gasteiger partial charge in [0, 0.05) is 33.7 Å². The lowest BCUT2D eigenvalue weighted by Gasteiger charge is -2.49. The third kappa shape index (κ3) is 4.06. The number of hydrogen-bond acceptors (Lipinski definition) is 6. The van der Waals surface area contributed by atoms with E-state index in [2.05, 4.69) is 5.32 Å². The number of thioether (sulfide) groups is 1. The molecule has 2 aliphatic rings. The molecule has 8 nitrogen and oxygen atoms in total. The van der Waals surface area contributed by atoms with E-state index in [0.29, 0.717) is 10.5 Å². The van der Waals surface area contributed by atoms with Gasteiger partial charge < -0.3 is 25.4 Å². The number of carboxylic acid groups (broad SMARTS) is 2. The highest BCUT2D eigenvalue weighted by Gasteiger charge is 2.92. The first-order valence-electron chi connectivity index (χ1n) is 10.8. The van der Waals surface area contributed by atoms with Gasteiger partial charge in [0.25, 0.3) is 0 Å². The molecule has 0 unspecified atom stereocenters. The highest BCUT2D eigenvalue weighted by Crippen LogP contribution is 2.78. The Morgan fingerprint density at radius 3 is 2.29 bits per heavy atom. The summed E-state index contributed by atoms with van der Waals surface area (Å²) in [7, 11) is 0. The molecule has 35 heavy (non-hydrogen) atoms. The van der Waals surface area contributed by atoms with Crippen molar-refractivity contribution in [1.29, 1.82) is 0 Å². The summed E-state index contributed by atoms with van der Waals surface area (Å²) < 4.78 is 19.1. The number of halogens is 3. The number of amides is 1. The number of alkyl carbamates (subject to hydrolysis) is 1. The number of aryl methyl sites for hydroxylation is 1. The minimum Gasteiger partial charge on any atom is -0.481 e. The van der Waals surface area contributed by atoms with Crippen molar-refractivity contribution < 1.29 is 38.8 Å². The van der Waals surface area contributed by atoms with Crippen molar-refractivity contribution in [2.75, 3.05) is 17.5 Å². The molecule has 0 saturated heterocycles. The second kappa shape index (κ2) is 9.28. The van der Waals surface area contributed by atoms with Gasteiger partial charge in [0.1, 0.15) is 11.4 Å². The maximum absolute atomic E-state index is 13.7. The van der Waals surface area contributed by atoms with Gasteiger partial charge in [0.05, 0.1) is 17.4 Å². The quantitative estimate of drug-likeness (QED) is 0.283. The Morgan fingerprint density at radius 2 is 1.83 bits per heavy atom. The molecule has 2 fully saturated rings. The van der Waals surface area contributed by atoms with Crippen molar-refractivity contribution in [3.63, 3.8) is 0 Å². The first-order valence-corrected chi connectivity index (χ1v) is 12.9. The Bertz CT molecular complexity index is 1050. The molecular formula is C23H28Cl2FNO7S. The van der Waals surface area contributed by atoms with Crippen molar-refractivity contribution in [2.45, 2.75) is 49.8 Å². The number of benzene rings is 1. The van der Waals surface area contributed by atoms with Gasteiger partial charge in [-0.15, -0.1) is 35.0 Å². The van der Waals surface area contributed by atoms with Crippen LogP contribution in [0.5, 0.6) is 0 Å². The lowest BCUT2D eigenvalue weighted by atomic mass is 9.64. The third-order valence-electron chi connectivity index (χ3n) is 7.11. The zero-order valence-electron chi connectivity index (χ0n) is 19.6. The lowest BCUT2D eigenvalue weighted by Crippen LogP contribution is -2.73. The van der Waals surface area contributed by atoms with Crippen LogP contribution in [0.25, 0.3) is 0 Å². The van der Waals surface area contributed by atoms with E-state index in [1.54, 1.807) is 33.8 Å². The van der Waals surface area contributed by atoms with Gasteiger partial charge in [-0.3, -0.25) is 4.79 Å². The zero-order chi connectivity index (χ0) is 26.6. The molecule has 3 rings (SSSR count). The van der Waals surface area contributed by atoms with Crippen molar-refractivity contribution >= 4 is 53.0 Å². The minimum atomic E-state index is -2.37. The van der Waals surface area contributed by atoms with Crippen LogP contribution in [-0.4, -0.2) is 68.1 Å². The van der Waals surface area contributed by atoms with Crippen LogP contribution in [-0.2, 0) is 14.3 Å². The normalized spacial score (nSPS) is 33.7. The van der Waals surface area contributed by atoms with Gasteiger partial charge in [0.15, 0.2) is 5.54 Å². The van der Waals surface area contributed by atoms with Gasteiger partial charge >= 0.3 is 18.0 Å². The van der Waals surface area contributed by atoms with Gasteiger partial charge in [-0.25, -0.2) is 14.0 Å². The van der Waals surface area contributed by atoms with Crippen molar-refractivity contribution in [1.82, 2.24) is 5.32 Å². The Hall–Kier alpha value is -1.75. The zero-order valence-corrected chi connectivity index (χ0v) is 21.9. The van der Waals surface area contributed by atoms with E-state index in [1.807, 2.05) is 0 Å². The average Bonchev–Trinajstić information content (AvgIpc) is 3.40. The monoisotopic (exact) mass is 551 g/mol. The summed E-state index contributed by atoms with van der Waals surface area (Å²) in [5.74, 6) is -6.76. The third-order valence-corrected chi connectivity index (χ3v) is 9.28. The van der Waals surface area contributed by atoms with E-state index < -0.39 is 75.5 Å². The number of carbonyl (C=O) groups is 3. The average molecular weight is 552 g/mol. The van der Waals surface area contributed by atoms with Crippen LogP contribution in [0.15, 0.2) is 23.1 Å². The molecule has 1 amide bonds. The molecule has 2 saturated carbocycles. The number of aliphatic hydroxyl groups excluding tert-OH is 1. The molecule has 1 aromatic carbocycles. The Labute approximate surface area is 216 Å². The number of nitrogens with one attached hydrogen (secondary N) is 1. The molecule has 0 spiro atoms. The minimum absolute atomic E-state index is 0.133. The van der Waals surface area contributed by atoms with E-state index in [1.165, 1.54) is 12.1 Å². The molecule has 4 N–H and O–H groups in total. The highest BCUT2D eigenvalue weighted by molar-refractivity contribution is 7.99. The summed E-state index contributed by atoms with van der Waals surface area (Å²) in [6, 6.07) is 4.32. The molecule has 1 aromatic rings. The fourth-order valence-electron chi connectivity index (χ4n) is 5.59. The number of hydrogen-bond donors (Lipinski definition) is 4. The predicted molar refractivity (Wildman–Crippen MR) is 129 cm³/mol. The lowest BCUT2D eigenvalue weighted by molar-refractivity contribution is -0.158. The Kier molecular flexibility index (Phi) is 7.38. The van der Waals surface area contributed by atoms with Crippen LogP contribution in [0.1, 0.15) is 26.3 Å². The molecule has 12 heteroatoms. The molecule has 194 valence electrons. The van der Waals surface area contributed by atoms with Crippen LogP contribution in [0.2, 0.25) is 0 Å². The number of aliphatic carboxylic acids is 2. The second-order valence-corrected chi connectivity index (χ2v) is 11.7. The van der Waals surface area contributed by atoms with E-state index in [0.717, 1.165) is 11.8 Å². The number of fused-ring (bicyclic) bond motifs is 1. The summed E-state index contributed by atoms with van der Waals surface area (Å²) in [4.78, 5) is 38.7. The summed E-state index contributed by atoms with van der Waals surface area (Å²) in [5.41, 5.74) is -6.47. The summed E-state index contributed by atoms with van der Waals surface area (Å²) in [5, 5.41) is 34.3. The predicted octanol–water partition coefficient (Wildman–Crippen LogP) is 3.73. The first-order chi connectivity index (χ1) is 16.1. The van der Waals surface area contributed by atoms with E-state index in [-0.39, 0.29) is 5.75 Å². The van der Waals surface area contributed by atoms with Crippen molar-refractivity contribution in [3.05, 3.63) is 29.6 Å². The van der Waals surface area contributed by atoms with Gasteiger partial charge in [-0.2, -0.15) is 0 Å². The summed E-state index contributed by atoms with van der Waals surface area (Å²) >= 11 is 13.7. The van der Waals surface area contributed by atoms with Crippen LogP contribution in [0, 0.1) is 35.4 Å². The van der Waals surface area contributed by atoms with Gasteiger partial charge in [-0.1, -0.05) is 0 Å². The standard InChI is InChI=1S/C23H28Cl2FNO7S/c1-11-7-12(5-6-13(11)26)35-10-21(8-24)16(28)14-15(17(29)30)22(14,9-25)23(21,18(31)32)27-19(33)34-20(2,3)4/h5-7,14-16,28H,8-10H2,1-4H3,(H,27,33)(H,29,30)(H,31,32)/t14-,15-,16-,21-,22+,23-/m0/s1. The molecule has 0 heterocycles. The topological polar surface area (TPSA) is 133 Å². The molecular weight excluding hydrogens is 524 g/mol. The largest absolute Gasteiger partial charge is 0.481 e. The maximum atomic E-state index is 13.7. The molecule has 0 bridgehead atoms. The van der Waals surface area contributed by atoms with Crippen LogP contribution >= 0.6 is 35.0 Å². The molecule has 0 aromatic heterocycles. The molecule has 2 aliphatic carbocycles. The van der Waals surface area contributed by atoms with E-state index >= 15 is 0 Å². The Balaban J connectivity index is 2.15. The second-order valence-electron chi connectivity index (χ2n) is 10.1. The van der Waals surface area contributed by atoms with E-state index in [9.17, 15) is 34.1 Å². The van der Waals surface area contributed by atoms with Gasteiger partial charge in [0.2, 0.25) is 0 Å². The van der Waals surface area contributed by atoms with Crippen molar-refractivity contribution in [3.8, 4) is 0 Å². The SMILES string of the molecule is Cc1cc(SC[C@@]2(CCl)[C@@H](O)[C@@H]3[C@@H](C(=O)O)[C@]3(CCl)[C@]2(NC(=O)OC(C)(C)C)C(=O)O)ccc1F. The number of carboxylic acids is 2. The van der Waals surface area contributed by atoms with Crippen molar-refractivity contribution in [2.24, 2.45) is 22.7 Å². The van der Waals surface area contributed by atoms with Gasteiger partial charge in [-0.05, 0) is 51.5 Å². The highest BCUT2D eigenvalue weighted by atomic mass is 35.5. The number of ether oxygens (including phenoxy) is 1. The van der Waals surface area contributed by atoms with Crippen LogP contribution < -0.4 is 5.32 Å². The number of aliphatic hydroxyl groups is 1. The smallest absolute Gasteiger partial charge is 0.408 e. The maximum Gasteiger partial charge on any atom is 0.408 e. The summed E-state index contributed by atoms with van der Waals surface area (Å²) in [6.45, 7) is 6.33. The number of alkyl halides is 2. The van der Waals surface area contributed by atoms with E-state index in [4.69, 9.17) is 27.9 Å². The first kappa shape index (κ1) is 27.8. The molecule has 0 radical (unpaired) electrons. The molecule has 6 atom stereocenters. The fourth-order valence-corrected chi connectivity index (χ4v) is 8.03. The van der Waals surface area contributed by atoms with Crippen LogP contribution in [0.3, 0.4) is 0 Å². The summed E-state index contributed by atoms with van der Waals surface area (Å²) in [6.07, 6.45) is -2.63. The van der Waals surface area contributed by atoms with Crippen LogP contribution in [0.4, 0.5) is 9.18 Å².